The molecule has 0 saturated carbocycles. The van der Waals surface area contributed by atoms with Gasteiger partial charge in [-0.05, 0) is 24.3 Å². The molecule has 0 bridgehead atoms. The van der Waals surface area contributed by atoms with Gasteiger partial charge in [0.2, 0.25) is 0 Å². The second-order valence-corrected chi connectivity index (χ2v) is 4.15. The molecule has 0 unspecified atom stereocenters. The molecule has 1 aromatic heterocycles. The molecule has 0 aliphatic rings. The van der Waals surface area contributed by atoms with E-state index in [1.807, 2.05) is 0 Å². The lowest BCUT2D eigenvalue weighted by Crippen LogP contribution is -2.30. The van der Waals surface area contributed by atoms with Crippen molar-refractivity contribution in [1.82, 2.24) is 15.4 Å². The van der Waals surface area contributed by atoms with Crippen LogP contribution in [0.25, 0.3) is 0 Å². The van der Waals surface area contributed by atoms with Gasteiger partial charge in [-0.25, -0.2) is 15.8 Å². The first-order valence-electron chi connectivity index (χ1n) is 5.51. The van der Waals surface area contributed by atoms with Crippen molar-refractivity contribution in [2.45, 2.75) is 0 Å². The maximum Gasteiger partial charge on any atom is 0.269 e. The van der Waals surface area contributed by atoms with Gasteiger partial charge in [0.15, 0.2) is 11.6 Å². The van der Waals surface area contributed by atoms with Gasteiger partial charge in [-0.3, -0.25) is 15.6 Å². The standard InChI is InChI=1S/C11H12ClN7O/c12-7-3-1-6(2-4-7)11(20)19-18-10-8(13)9(17-14)15-5-16-10/h1-5H,13-14H2,(H,19,20)(H2,15,16,17,18). The molecule has 0 spiro atoms. The van der Waals surface area contributed by atoms with Crippen molar-refractivity contribution >= 4 is 34.8 Å². The Kier molecular flexibility index (Phi) is 4.18. The molecule has 1 aromatic carbocycles. The zero-order chi connectivity index (χ0) is 14.5. The van der Waals surface area contributed by atoms with Crippen LogP contribution in [0.5, 0.6) is 0 Å². The largest absolute Gasteiger partial charge is 0.393 e. The number of anilines is 3. The highest BCUT2D eigenvalue weighted by atomic mass is 35.5. The summed E-state index contributed by atoms with van der Waals surface area (Å²) >= 11 is 5.74. The lowest BCUT2D eigenvalue weighted by Gasteiger charge is -2.11. The predicted molar refractivity (Wildman–Crippen MR) is 76.8 cm³/mol. The van der Waals surface area contributed by atoms with Crippen LogP contribution >= 0.6 is 11.6 Å². The van der Waals surface area contributed by atoms with Crippen LogP contribution in [0.15, 0.2) is 30.6 Å². The number of rotatable bonds is 4. The van der Waals surface area contributed by atoms with Crippen LogP contribution in [0, 0.1) is 0 Å². The average molecular weight is 294 g/mol. The third-order valence-corrected chi connectivity index (χ3v) is 2.67. The number of carbonyl (C=O) groups is 1. The maximum atomic E-state index is 11.9. The Balaban J connectivity index is 2.05. The molecule has 2 rings (SSSR count). The topological polar surface area (TPSA) is 131 Å². The summed E-state index contributed by atoms with van der Waals surface area (Å²) in [6, 6.07) is 6.42. The van der Waals surface area contributed by atoms with E-state index in [9.17, 15) is 4.79 Å². The number of amides is 1. The number of carbonyl (C=O) groups excluding carboxylic acids is 1. The van der Waals surface area contributed by atoms with Gasteiger partial charge in [0, 0.05) is 10.6 Å². The number of halogens is 1. The van der Waals surface area contributed by atoms with E-state index in [1.165, 1.54) is 6.33 Å². The van der Waals surface area contributed by atoms with Crippen LogP contribution in [-0.2, 0) is 0 Å². The molecule has 8 nitrogen and oxygen atoms in total. The average Bonchev–Trinajstić information content (AvgIpc) is 2.46. The summed E-state index contributed by atoms with van der Waals surface area (Å²) in [7, 11) is 0. The molecule has 9 heteroatoms. The Labute approximate surface area is 119 Å². The summed E-state index contributed by atoms with van der Waals surface area (Å²) in [4.78, 5) is 19.6. The van der Waals surface area contributed by atoms with Gasteiger partial charge in [0.25, 0.3) is 5.91 Å². The Hall–Kier alpha value is -2.58. The van der Waals surface area contributed by atoms with Gasteiger partial charge in [-0.15, -0.1) is 0 Å². The summed E-state index contributed by atoms with van der Waals surface area (Å²) in [5.41, 5.74) is 13.7. The lowest BCUT2D eigenvalue weighted by molar-refractivity contribution is 0.0962. The van der Waals surface area contributed by atoms with Crippen LogP contribution in [-0.4, -0.2) is 15.9 Å². The maximum absolute atomic E-state index is 11.9. The van der Waals surface area contributed by atoms with Crippen molar-refractivity contribution < 1.29 is 4.79 Å². The van der Waals surface area contributed by atoms with Crippen molar-refractivity contribution in [3.8, 4) is 0 Å². The molecule has 104 valence electrons. The van der Waals surface area contributed by atoms with E-state index in [0.29, 0.717) is 10.6 Å². The minimum absolute atomic E-state index is 0.186. The van der Waals surface area contributed by atoms with Crippen molar-refractivity contribution in [2.75, 3.05) is 16.6 Å². The molecule has 0 saturated heterocycles. The Morgan fingerprint density at radius 2 is 1.80 bits per heavy atom. The monoisotopic (exact) mass is 293 g/mol. The molecular formula is C11H12ClN7O. The van der Waals surface area contributed by atoms with Gasteiger partial charge < -0.3 is 11.2 Å². The van der Waals surface area contributed by atoms with Crippen molar-refractivity contribution in [2.24, 2.45) is 5.84 Å². The van der Waals surface area contributed by atoms with E-state index < -0.39 is 0 Å². The van der Waals surface area contributed by atoms with Gasteiger partial charge in [0.05, 0.1) is 0 Å². The van der Waals surface area contributed by atoms with Gasteiger partial charge >= 0.3 is 0 Å². The second kappa shape index (κ2) is 6.04. The molecule has 0 aliphatic heterocycles. The molecule has 20 heavy (non-hydrogen) atoms. The van der Waals surface area contributed by atoms with E-state index in [1.54, 1.807) is 24.3 Å². The lowest BCUT2D eigenvalue weighted by atomic mass is 10.2. The van der Waals surface area contributed by atoms with Crippen LogP contribution in [0.1, 0.15) is 10.4 Å². The third-order valence-electron chi connectivity index (χ3n) is 2.42. The first-order valence-corrected chi connectivity index (χ1v) is 5.88. The van der Waals surface area contributed by atoms with E-state index in [0.717, 1.165) is 0 Å². The molecule has 0 radical (unpaired) electrons. The van der Waals surface area contributed by atoms with Crippen LogP contribution in [0.3, 0.4) is 0 Å². The molecule has 0 atom stereocenters. The number of hydrogen-bond acceptors (Lipinski definition) is 7. The molecule has 0 fully saturated rings. The van der Waals surface area contributed by atoms with Crippen LogP contribution in [0.2, 0.25) is 5.02 Å². The molecule has 7 N–H and O–H groups in total. The van der Waals surface area contributed by atoms with Crippen LogP contribution in [0.4, 0.5) is 17.3 Å². The molecule has 2 aromatic rings. The first-order chi connectivity index (χ1) is 9.61. The van der Waals surface area contributed by atoms with Crippen molar-refractivity contribution in [3.05, 3.63) is 41.2 Å². The van der Waals surface area contributed by atoms with Gasteiger partial charge in [0.1, 0.15) is 12.0 Å². The number of nitrogens with two attached hydrogens (primary N) is 2. The minimum Gasteiger partial charge on any atom is -0.393 e. The fraction of sp³-hybridized carbons (Fsp3) is 0. The Morgan fingerprint density at radius 1 is 1.15 bits per heavy atom. The zero-order valence-electron chi connectivity index (χ0n) is 10.2. The summed E-state index contributed by atoms with van der Waals surface area (Å²) < 4.78 is 0. The number of nitrogens with zero attached hydrogens (tertiary/aromatic N) is 2. The van der Waals surface area contributed by atoms with E-state index >= 15 is 0 Å². The van der Waals surface area contributed by atoms with Crippen molar-refractivity contribution in [1.29, 1.82) is 0 Å². The highest BCUT2D eigenvalue weighted by Gasteiger charge is 2.09. The number of benzene rings is 1. The predicted octanol–water partition coefficient (Wildman–Crippen LogP) is 0.755. The Bertz CT molecular complexity index is 617. The van der Waals surface area contributed by atoms with Gasteiger partial charge in [-0.2, -0.15) is 0 Å². The highest BCUT2D eigenvalue weighted by Crippen LogP contribution is 2.20. The molecule has 1 heterocycles. The zero-order valence-corrected chi connectivity index (χ0v) is 11.0. The fourth-order valence-corrected chi connectivity index (χ4v) is 1.53. The van der Waals surface area contributed by atoms with E-state index in [2.05, 4.69) is 26.2 Å². The van der Waals surface area contributed by atoms with Gasteiger partial charge in [-0.1, -0.05) is 11.6 Å². The molecular weight excluding hydrogens is 282 g/mol. The fourth-order valence-electron chi connectivity index (χ4n) is 1.40. The number of hydrazine groups is 2. The summed E-state index contributed by atoms with van der Waals surface area (Å²) in [5.74, 6) is 5.36. The number of nitrogen functional groups attached to an aromatic ring is 2. The summed E-state index contributed by atoms with van der Waals surface area (Å²) in [6.07, 6.45) is 1.25. The first kappa shape index (κ1) is 13.8. The SMILES string of the molecule is NNc1ncnc(NNC(=O)c2ccc(Cl)cc2)c1N. The number of hydrogen-bond donors (Lipinski definition) is 5. The smallest absolute Gasteiger partial charge is 0.269 e. The highest BCUT2D eigenvalue weighted by molar-refractivity contribution is 6.30. The third kappa shape index (κ3) is 3.05. The summed E-state index contributed by atoms with van der Waals surface area (Å²) in [6.45, 7) is 0. The number of nitrogens with one attached hydrogen (secondary N) is 3. The van der Waals surface area contributed by atoms with Crippen molar-refractivity contribution in [3.63, 3.8) is 0 Å². The second-order valence-electron chi connectivity index (χ2n) is 3.71. The van der Waals surface area contributed by atoms with Crippen LogP contribution < -0.4 is 27.9 Å². The molecule has 1 amide bonds. The number of aromatic nitrogens is 2. The van der Waals surface area contributed by atoms with E-state index in [-0.39, 0.29) is 23.2 Å². The Morgan fingerprint density at radius 3 is 2.45 bits per heavy atom. The van der Waals surface area contributed by atoms with E-state index in [4.69, 9.17) is 23.2 Å². The quantitative estimate of drug-likeness (QED) is 0.415. The molecule has 0 aliphatic carbocycles. The normalized spacial score (nSPS) is 9.90. The summed E-state index contributed by atoms with van der Waals surface area (Å²) in [5, 5.41) is 0.549. The minimum atomic E-state index is -0.359.